The molecule has 4 rings (SSSR count). The van der Waals surface area contributed by atoms with Gasteiger partial charge in [-0.3, -0.25) is 9.99 Å². The third-order valence-electron chi connectivity index (χ3n) is 6.16. The van der Waals surface area contributed by atoms with E-state index in [2.05, 4.69) is 10.1 Å². The molecule has 1 atom stereocenters. The lowest BCUT2D eigenvalue weighted by molar-refractivity contribution is -0.249. The van der Waals surface area contributed by atoms with Crippen LogP contribution in [0.4, 0.5) is 41.2 Å². The van der Waals surface area contributed by atoms with E-state index >= 15 is 0 Å². The molecule has 2 aromatic rings. The number of hydrogen-bond donors (Lipinski definition) is 0. The number of aromatic nitrogens is 1. The summed E-state index contributed by atoms with van der Waals surface area (Å²) in [6.45, 7) is 5.80. The van der Waals surface area contributed by atoms with E-state index in [0.717, 1.165) is 17.7 Å². The van der Waals surface area contributed by atoms with Gasteiger partial charge in [0.2, 0.25) is 0 Å². The number of benzene rings is 1. The molecule has 6 nitrogen and oxygen atoms in total. The molecule has 0 saturated carbocycles. The Morgan fingerprint density at radius 2 is 1.77 bits per heavy atom. The minimum atomic E-state index is -5.92. The van der Waals surface area contributed by atoms with Gasteiger partial charge in [-0.25, -0.2) is 13.6 Å². The quantitative estimate of drug-likeness (QED) is 0.384. The van der Waals surface area contributed by atoms with Gasteiger partial charge in [-0.05, 0) is 62.1 Å². The number of pyridine rings is 1. The van der Waals surface area contributed by atoms with E-state index in [1.54, 1.807) is 32.9 Å². The number of nitrogens with zero attached hydrogens (tertiary/aromatic N) is 4. The van der Waals surface area contributed by atoms with Gasteiger partial charge in [-0.1, -0.05) is 6.08 Å². The molecule has 0 spiro atoms. The number of hydrazone groups is 1. The molecule has 1 aromatic heterocycles. The van der Waals surface area contributed by atoms with Crippen LogP contribution in [-0.2, 0) is 4.74 Å². The Labute approximate surface area is 219 Å². The molecule has 2 aliphatic heterocycles. The maximum Gasteiger partial charge on any atom is 0.459 e. The van der Waals surface area contributed by atoms with E-state index in [1.165, 1.54) is 17.3 Å². The summed E-state index contributed by atoms with van der Waals surface area (Å²) in [5.41, 5.74) is -1.12. The smallest absolute Gasteiger partial charge is 0.444 e. The average molecular weight is 558 g/mol. The topological polar surface area (TPSA) is 58.0 Å². The Balaban J connectivity index is 1.64. The first-order valence-electron chi connectivity index (χ1n) is 12.0. The van der Waals surface area contributed by atoms with E-state index in [4.69, 9.17) is 4.74 Å². The van der Waals surface area contributed by atoms with E-state index in [9.17, 15) is 35.5 Å². The number of anilines is 1. The van der Waals surface area contributed by atoms with Crippen LogP contribution in [0.15, 0.2) is 47.8 Å². The van der Waals surface area contributed by atoms with Crippen molar-refractivity contribution in [2.45, 2.75) is 57.4 Å². The summed E-state index contributed by atoms with van der Waals surface area (Å²) in [7, 11) is 0. The molecule has 1 aromatic carbocycles. The zero-order valence-electron chi connectivity index (χ0n) is 21.2. The lowest BCUT2D eigenvalue weighted by atomic mass is 9.95. The van der Waals surface area contributed by atoms with Gasteiger partial charge in [-0.15, -0.1) is 0 Å². The summed E-state index contributed by atoms with van der Waals surface area (Å²) in [6.07, 6.45) is -2.35. The van der Waals surface area contributed by atoms with Crippen molar-refractivity contribution in [2.24, 2.45) is 5.10 Å². The molecule has 0 fully saturated rings. The summed E-state index contributed by atoms with van der Waals surface area (Å²) in [6, 6.07) is 2.53. The Bertz CT molecular complexity index is 1320. The van der Waals surface area contributed by atoms with Crippen molar-refractivity contribution in [2.75, 3.05) is 18.1 Å². The van der Waals surface area contributed by atoms with Crippen LogP contribution in [0.1, 0.15) is 50.8 Å². The predicted octanol–water partition coefficient (Wildman–Crippen LogP) is 6.89. The summed E-state index contributed by atoms with van der Waals surface area (Å²) >= 11 is 0. The summed E-state index contributed by atoms with van der Waals surface area (Å²) in [4.78, 5) is 18.0. The fourth-order valence-electron chi connectivity index (χ4n) is 4.25. The second kappa shape index (κ2) is 10.2. The number of carbonyl (C=O) groups is 1. The highest BCUT2D eigenvalue weighted by atomic mass is 19.4. The van der Waals surface area contributed by atoms with E-state index in [1.807, 2.05) is 0 Å². The van der Waals surface area contributed by atoms with Crippen LogP contribution in [-0.4, -0.2) is 52.5 Å². The average Bonchev–Trinajstić information content (AvgIpc) is 3.28. The Kier molecular flexibility index (Phi) is 7.39. The maximum atomic E-state index is 14.6. The molecule has 1 amide bonds. The van der Waals surface area contributed by atoms with Crippen LogP contribution in [0, 0.1) is 11.6 Å². The first-order chi connectivity index (χ1) is 18.1. The van der Waals surface area contributed by atoms with Crippen molar-refractivity contribution in [3.63, 3.8) is 0 Å². The minimum absolute atomic E-state index is 0.198. The van der Waals surface area contributed by atoms with Gasteiger partial charge < -0.3 is 9.64 Å². The van der Waals surface area contributed by atoms with Gasteiger partial charge in [0.15, 0.2) is 5.82 Å². The van der Waals surface area contributed by atoms with Crippen LogP contribution in [0.5, 0.6) is 0 Å². The number of amides is 1. The lowest BCUT2D eigenvalue weighted by Gasteiger charge is -2.30. The SMILES string of the molecule is CC(C)(C)OC(=O)N1CC=C(c2cncc(C3CC(C(F)(F)C(F)(F)F)=NN3c3ccc(F)cc3F)c2)CC1. The predicted molar refractivity (Wildman–Crippen MR) is 129 cm³/mol. The molecule has 2 aliphatic rings. The standard InChI is InChI=1S/C26H25F7N4O2/c1-24(2,3)39-23(38)36-8-6-15(7-9-36)16-10-17(14-34-13-16)21-12-22(25(29,30)26(31,32)33)35-37(21)20-5-4-18(27)11-19(20)28/h4-6,10-11,13-14,21H,7-9,12H2,1-3H3. The van der Waals surface area contributed by atoms with Gasteiger partial charge in [0.1, 0.15) is 17.1 Å². The molecule has 210 valence electrons. The molecule has 0 aliphatic carbocycles. The van der Waals surface area contributed by atoms with Crippen molar-refractivity contribution >= 4 is 23.1 Å². The zero-order valence-corrected chi connectivity index (χ0v) is 21.2. The van der Waals surface area contributed by atoms with Crippen LogP contribution in [0.2, 0.25) is 0 Å². The van der Waals surface area contributed by atoms with Crippen LogP contribution in [0.3, 0.4) is 0 Å². The first-order valence-corrected chi connectivity index (χ1v) is 12.0. The number of carbonyl (C=O) groups excluding carboxylic acids is 1. The first kappa shape index (κ1) is 28.4. The number of rotatable bonds is 4. The molecule has 0 saturated heterocycles. The zero-order chi connectivity index (χ0) is 28.8. The number of hydrogen-bond acceptors (Lipinski definition) is 5. The van der Waals surface area contributed by atoms with E-state index in [-0.39, 0.29) is 12.1 Å². The summed E-state index contributed by atoms with van der Waals surface area (Å²) in [5.74, 6) is -7.40. The molecular formula is C26H25F7N4O2. The molecule has 1 unspecified atom stereocenters. The molecule has 13 heteroatoms. The second-order valence-electron chi connectivity index (χ2n) is 10.2. The Morgan fingerprint density at radius 1 is 1.05 bits per heavy atom. The van der Waals surface area contributed by atoms with Gasteiger partial charge in [0.25, 0.3) is 0 Å². The van der Waals surface area contributed by atoms with Gasteiger partial charge in [-0.2, -0.15) is 27.1 Å². The van der Waals surface area contributed by atoms with Crippen LogP contribution >= 0.6 is 0 Å². The fourth-order valence-corrected chi connectivity index (χ4v) is 4.25. The summed E-state index contributed by atoms with van der Waals surface area (Å²) < 4.78 is 101. The van der Waals surface area contributed by atoms with Crippen molar-refractivity contribution in [3.8, 4) is 0 Å². The monoisotopic (exact) mass is 558 g/mol. The van der Waals surface area contributed by atoms with Gasteiger partial charge in [0.05, 0.1) is 11.7 Å². The lowest BCUT2D eigenvalue weighted by Crippen LogP contribution is -2.43. The second-order valence-corrected chi connectivity index (χ2v) is 10.2. The largest absolute Gasteiger partial charge is 0.459 e. The van der Waals surface area contributed by atoms with E-state index in [0.29, 0.717) is 29.6 Å². The summed E-state index contributed by atoms with van der Waals surface area (Å²) in [5, 5.41) is 4.16. The molecule has 39 heavy (non-hydrogen) atoms. The van der Waals surface area contributed by atoms with Crippen molar-refractivity contribution in [3.05, 3.63) is 65.5 Å². The van der Waals surface area contributed by atoms with Crippen molar-refractivity contribution < 1.29 is 40.3 Å². The molecule has 0 bridgehead atoms. The third kappa shape index (κ3) is 6.01. The van der Waals surface area contributed by atoms with Crippen LogP contribution < -0.4 is 5.01 Å². The Morgan fingerprint density at radius 3 is 2.36 bits per heavy atom. The highest BCUT2D eigenvalue weighted by molar-refractivity contribution is 5.95. The van der Waals surface area contributed by atoms with Gasteiger partial charge >= 0.3 is 18.2 Å². The van der Waals surface area contributed by atoms with Gasteiger partial charge in [0, 0.05) is 38.0 Å². The van der Waals surface area contributed by atoms with Crippen molar-refractivity contribution in [1.82, 2.24) is 9.88 Å². The molecule has 0 radical (unpaired) electrons. The molecule has 3 heterocycles. The van der Waals surface area contributed by atoms with Crippen LogP contribution in [0.25, 0.3) is 5.57 Å². The minimum Gasteiger partial charge on any atom is -0.444 e. The molecular weight excluding hydrogens is 533 g/mol. The number of alkyl halides is 5. The third-order valence-corrected chi connectivity index (χ3v) is 6.16. The number of halogens is 7. The van der Waals surface area contributed by atoms with E-state index < -0.39 is 59.3 Å². The highest BCUT2D eigenvalue weighted by Crippen LogP contribution is 2.45. The highest BCUT2D eigenvalue weighted by Gasteiger charge is 2.63. The fraction of sp³-hybridized carbons (Fsp3) is 0.423. The molecule has 0 N–H and O–H groups in total. The maximum absolute atomic E-state index is 14.6. The Hall–Kier alpha value is -3.64. The normalized spacial score (nSPS) is 18.7. The van der Waals surface area contributed by atoms with Crippen molar-refractivity contribution in [1.29, 1.82) is 0 Å². The number of ether oxygens (including phenoxy) is 1.